The van der Waals surface area contributed by atoms with Crippen molar-refractivity contribution in [3.05, 3.63) is 58.9 Å². The molecule has 2 aromatic carbocycles. The highest BCUT2D eigenvalue weighted by molar-refractivity contribution is 6.05. The molecule has 0 unspecified atom stereocenters. The number of aryl methyl sites for hydroxylation is 1. The lowest BCUT2D eigenvalue weighted by molar-refractivity contribution is 0.102. The average Bonchev–Trinajstić information content (AvgIpc) is 2.33. The van der Waals surface area contributed by atoms with Gasteiger partial charge in [0.05, 0.1) is 0 Å². The van der Waals surface area contributed by atoms with Crippen LogP contribution < -0.4 is 11.1 Å². The number of rotatable bonds is 2. The Morgan fingerprint density at radius 2 is 1.95 bits per heavy atom. The summed E-state index contributed by atoms with van der Waals surface area (Å²) in [4.78, 5) is 12.0. The Morgan fingerprint density at radius 1 is 1.21 bits per heavy atom. The summed E-state index contributed by atoms with van der Waals surface area (Å²) in [6.07, 6.45) is 0. The van der Waals surface area contributed by atoms with E-state index in [9.17, 15) is 9.18 Å². The number of hydrogen-bond acceptors (Lipinski definition) is 2. The number of amides is 1. The Bertz CT molecular complexity index is 618. The van der Waals surface area contributed by atoms with Gasteiger partial charge in [-0.2, -0.15) is 0 Å². The van der Waals surface area contributed by atoms with E-state index >= 15 is 0 Å². The van der Waals surface area contributed by atoms with Gasteiger partial charge in [0.15, 0.2) is 0 Å². The Hall–Kier alpha value is -2.36. The summed E-state index contributed by atoms with van der Waals surface area (Å²) in [6, 6.07) is 9.42. The Kier molecular flexibility index (Phi) is 3.51. The fourth-order valence-corrected chi connectivity index (χ4v) is 1.82. The van der Waals surface area contributed by atoms with Crippen molar-refractivity contribution in [2.24, 2.45) is 0 Å². The van der Waals surface area contributed by atoms with E-state index in [1.165, 1.54) is 12.1 Å². The number of carbonyl (C=O) groups excluding carboxylic acids is 1. The van der Waals surface area contributed by atoms with Gasteiger partial charge >= 0.3 is 0 Å². The van der Waals surface area contributed by atoms with Crippen molar-refractivity contribution in [2.75, 3.05) is 11.1 Å². The summed E-state index contributed by atoms with van der Waals surface area (Å²) in [5, 5.41) is 2.76. The molecule has 2 rings (SSSR count). The van der Waals surface area contributed by atoms with Crippen molar-refractivity contribution in [3.63, 3.8) is 0 Å². The topological polar surface area (TPSA) is 55.1 Å². The number of anilines is 2. The van der Waals surface area contributed by atoms with Gasteiger partial charge in [-0.25, -0.2) is 4.39 Å². The van der Waals surface area contributed by atoms with E-state index in [1.807, 2.05) is 32.0 Å². The minimum atomic E-state index is -0.522. The van der Waals surface area contributed by atoms with Crippen LogP contribution >= 0.6 is 0 Å². The van der Waals surface area contributed by atoms with Gasteiger partial charge in [-0.1, -0.05) is 12.1 Å². The van der Waals surface area contributed by atoms with E-state index in [1.54, 1.807) is 0 Å². The summed E-state index contributed by atoms with van der Waals surface area (Å²) in [7, 11) is 0. The van der Waals surface area contributed by atoms with Crippen LogP contribution in [-0.4, -0.2) is 5.91 Å². The molecule has 0 aromatic heterocycles. The molecule has 3 N–H and O–H groups in total. The molecule has 0 heterocycles. The summed E-state index contributed by atoms with van der Waals surface area (Å²) in [5.74, 6) is -0.897. The number of nitrogens with one attached hydrogen (secondary N) is 1. The van der Waals surface area contributed by atoms with Crippen LogP contribution in [0, 0.1) is 19.7 Å². The number of carbonyl (C=O) groups is 1. The average molecular weight is 258 g/mol. The van der Waals surface area contributed by atoms with Gasteiger partial charge in [0.2, 0.25) is 0 Å². The maximum atomic E-state index is 13.2. The SMILES string of the molecule is Cc1cccc(NC(=O)c2cc(N)cc(F)c2)c1C. The molecule has 3 nitrogen and oxygen atoms in total. The Labute approximate surface area is 111 Å². The van der Waals surface area contributed by atoms with E-state index in [-0.39, 0.29) is 17.2 Å². The van der Waals surface area contributed by atoms with E-state index in [4.69, 9.17) is 5.73 Å². The Balaban J connectivity index is 2.28. The minimum absolute atomic E-state index is 0.207. The predicted octanol–water partition coefficient (Wildman–Crippen LogP) is 3.28. The van der Waals surface area contributed by atoms with E-state index in [0.29, 0.717) is 5.69 Å². The second-order valence-corrected chi connectivity index (χ2v) is 4.47. The van der Waals surface area contributed by atoms with Crippen molar-refractivity contribution < 1.29 is 9.18 Å². The molecule has 1 amide bonds. The molecule has 0 spiro atoms. The highest BCUT2D eigenvalue weighted by atomic mass is 19.1. The second kappa shape index (κ2) is 5.10. The van der Waals surface area contributed by atoms with Crippen LogP contribution in [0.4, 0.5) is 15.8 Å². The zero-order valence-corrected chi connectivity index (χ0v) is 10.8. The highest BCUT2D eigenvalue weighted by Crippen LogP contribution is 2.19. The maximum Gasteiger partial charge on any atom is 0.255 e. The molecule has 0 fully saturated rings. The molecule has 0 aliphatic rings. The first-order valence-electron chi connectivity index (χ1n) is 5.91. The lowest BCUT2D eigenvalue weighted by Gasteiger charge is -2.10. The molecular formula is C15H15FN2O. The number of benzene rings is 2. The van der Waals surface area contributed by atoms with Crippen LogP contribution in [0.3, 0.4) is 0 Å². The van der Waals surface area contributed by atoms with Crippen LogP contribution in [0.25, 0.3) is 0 Å². The molecule has 19 heavy (non-hydrogen) atoms. The smallest absolute Gasteiger partial charge is 0.255 e. The molecule has 98 valence electrons. The van der Waals surface area contributed by atoms with Crippen molar-refractivity contribution in [1.29, 1.82) is 0 Å². The molecule has 0 aliphatic heterocycles. The summed E-state index contributed by atoms with van der Waals surface area (Å²) in [5.41, 5.74) is 8.74. The first kappa shape index (κ1) is 13.1. The first-order valence-corrected chi connectivity index (χ1v) is 5.91. The third kappa shape index (κ3) is 2.91. The van der Waals surface area contributed by atoms with E-state index in [2.05, 4.69) is 5.32 Å². The van der Waals surface area contributed by atoms with Gasteiger partial charge in [-0.05, 0) is 49.2 Å². The van der Waals surface area contributed by atoms with Gasteiger partial charge in [-0.15, -0.1) is 0 Å². The molecular weight excluding hydrogens is 243 g/mol. The molecule has 0 saturated carbocycles. The molecule has 2 aromatic rings. The zero-order chi connectivity index (χ0) is 14.0. The summed E-state index contributed by atoms with van der Waals surface area (Å²) >= 11 is 0. The second-order valence-electron chi connectivity index (χ2n) is 4.47. The normalized spacial score (nSPS) is 10.3. The van der Waals surface area contributed by atoms with Crippen molar-refractivity contribution >= 4 is 17.3 Å². The third-order valence-corrected chi connectivity index (χ3v) is 3.04. The number of nitrogen functional groups attached to an aromatic ring is 1. The van der Waals surface area contributed by atoms with Gasteiger partial charge in [0, 0.05) is 16.9 Å². The van der Waals surface area contributed by atoms with Crippen molar-refractivity contribution in [2.45, 2.75) is 13.8 Å². The van der Waals surface area contributed by atoms with Crippen molar-refractivity contribution in [3.8, 4) is 0 Å². The van der Waals surface area contributed by atoms with Gasteiger partial charge in [0.25, 0.3) is 5.91 Å². The lowest BCUT2D eigenvalue weighted by atomic mass is 10.1. The van der Waals surface area contributed by atoms with E-state index in [0.717, 1.165) is 17.2 Å². The molecule has 0 aliphatic carbocycles. The van der Waals surface area contributed by atoms with Crippen LogP contribution in [-0.2, 0) is 0 Å². The Morgan fingerprint density at radius 3 is 2.63 bits per heavy atom. The largest absolute Gasteiger partial charge is 0.399 e. The van der Waals surface area contributed by atoms with Crippen molar-refractivity contribution in [1.82, 2.24) is 0 Å². The highest BCUT2D eigenvalue weighted by Gasteiger charge is 2.10. The number of halogens is 1. The van der Waals surface area contributed by atoms with Crippen LogP contribution in [0.2, 0.25) is 0 Å². The van der Waals surface area contributed by atoms with Crippen LogP contribution in [0.5, 0.6) is 0 Å². The standard InChI is InChI=1S/C15H15FN2O/c1-9-4-3-5-14(10(9)2)18-15(19)11-6-12(16)8-13(17)7-11/h3-8H,17H2,1-2H3,(H,18,19). The fraction of sp³-hybridized carbons (Fsp3) is 0.133. The minimum Gasteiger partial charge on any atom is -0.399 e. The molecule has 0 saturated heterocycles. The monoisotopic (exact) mass is 258 g/mol. The van der Waals surface area contributed by atoms with Crippen LogP contribution in [0.1, 0.15) is 21.5 Å². The van der Waals surface area contributed by atoms with Gasteiger partial charge in [0.1, 0.15) is 5.82 Å². The quantitative estimate of drug-likeness (QED) is 0.812. The van der Waals surface area contributed by atoms with E-state index < -0.39 is 5.82 Å². The summed E-state index contributed by atoms with van der Waals surface area (Å²) < 4.78 is 13.2. The molecule has 0 bridgehead atoms. The third-order valence-electron chi connectivity index (χ3n) is 3.04. The lowest BCUT2D eigenvalue weighted by Crippen LogP contribution is -2.13. The molecule has 4 heteroatoms. The number of hydrogen-bond donors (Lipinski definition) is 2. The molecule has 0 atom stereocenters. The first-order chi connectivity index (χ1) is 8.97. The zero-order valence-electron chi connectivity index (χ0n) is 10.8. The fourth-order valence-electron chi connectivity index (χ4n) is 1.82. The number of nitrogens with two attached hydrogens (primary N) is 1. The van der Waals surface area contributed by atoms with Gasteiger partial charge in [-0.3, -0.25) is 4.79 Å². The molecule has 0 radical (unpaired) electrons. The summed E-state index contributed by atoms with van der Waals surface area (Å²) in [6.45, 7) is 3.88. The van der Waals surface area contributed by atoms with Gasteiger partial charge < -0.3 is 11.1 Å². The predicted molar refractivity (Wildman–Crippen MR) is 74.7 cm³/mol. The van der Waals surface area contributed by atoms with Crippen LogP contribution in [0.15, 0.2) is 36.4 Å². The maximum absolute atomic E-state index is 13.2.